The van der Waals surface area contributed by atoms with Gasteiger partial charge in [0.1, 0.15) is 18.2 Å². The number of ether oxygens (including phenoxy) is 2. The number of rotatable bonds is 5. The standard InChI is InChI=1S/C25H18Cl2N2O5/c26-17-5-4-16(21(27)12-17)8-9-28-13-20-22(33-14-28)7-6-19-24(30)23(34-25(19)20)11-15-2-1-3-18(10-15)29(31)32/h1-7,10-12H,8-9,13-14H2/b23-11-. The largest absolute Gasteiger partial charge is 0.478 e. The van der Waals surface area contributed by atoms with Crippen LogP contribution < -0.4 is 9.47 Å². The minimum atomic E-state index is -0.479. The van der Waals surface area contributed by atoms with Crippen LogP contribution in [0, 0.1) is 10.1 Å². The molecule has 0 spiro atoms. The smallest absolute Gasteiger partial charge is 0.270 e. The number of fused-ring (bicyclic) bond motifs is 3. The Morgan fingerprint density at radius 1 is 1.12 bits per heavy atom. The van der Waals surface area contributed by atoms with Crippen LogP contribution in [0.4, 0.5) is 5.69 Å². The summed E-state index contributed by atoms with van der Waals surface area (Å²) in [5.74, 6) is 0.987. The molecular formula is C25H18Cl2N2O5. The summed E-state index contributed by atoms with van der Waals surface area (Å²) < 4.78 is 11.9. The zero-order valence-electron chi connectivity index (χ0n) is 17.8. The van der Waals surface area contributed by atoms with Gasteiger partial charge in [0.2, 0.25) is 5.78 Å². The van der Waals surface area contributed by atoms with Crippen molar-refractivity contribution in [2.45, 2.75) is 13.0 Å². The molecule has 5 rings (SSSR count). The van der Waals surface area contributed by atoms with Gasteiger partial charge >= 0.3 is 0 Å². The molecular weight excluding hydrogens is 479 g/mol. The molecule has 2 heterocycles. The first-order valence-corrected chi connectivity index (χ1v) is 11.3. The molecule has 3 aromatic rings. The van der Waals surface area contributed by atoms with Crippen LogP contribution in [0.5, 0.6) is 11.5 Å². The molecule has 0 amide bonds. The van der Waals surface area contributed by atoms with Crippen LogP contribution in [0.15, 0.2) is 60.4 Å². The summed E-state index contributed by atoms with van der Waals surface area (Å²) in [5, 5.41) is 12.3. The van der Waals surface area contributed by atoms with Crippen molar-refractivity contribution in [2.24, 2.45) is 0 Å². The first-order valence-electron chi connectivity index (χ1n) is 10.5. The van der Waals surface area contributed by atoms with Crippen LogP contribution >= 0.6 is 23.2 Å². The second-order valence-electron chi connectivity index (χ2n) is 8.02. The van der Waals surface area contributed by atoms with E-state index in [1.54, 1.807) is 30.3 Å². The van der Waals surface area contributed by atoms with Crippen molar-refractivity contribution in [2.75, 3.05) is 13.3 Å². The van der Waals surface area contributed by atoms with E-state index in [9.17, 15) is 14.9 Å². The van der Waals surface area contributed by atoms with E-state index in [1.165, 1.54) is 18.2 Å². The third-order valence-electron chi connectivity index (χ3n) is 5.77. The molecule has 172 valence electrons. The van der Waals surface area contributed by atoms with E-state index in [0.29, 0.717) is 58.9 Å². The lowest BCUT2D eigenvalue weighted by Crippen LogP contribution is -2.33. The van der Waals surface area contributed by atoms with Crippen molar-refractivity contribution in [3.63, 3.8) is 0 Å². The van der Waals surface area contributed by atoms with Gasteiger partial charge in [-0.25, -0.2) is 0 Å². The molecule has 9 heteroatoms. The Kier molecular flexibility index (Phi) is 6.00. The molecule has 0 N–H and O–H groups in total. The minimum Gasteiger partial charge on any atom is -0.478 e. The topological polar surface area (TPSA) is 81.9 Å². The van der Waals surface area contributed by atoms with Crippen molar-refractivity contribution >= 4 is 40.7 Å². The molecule has 2 aliphatic heterocycles. The summed E-state index contributed by atoms with van der Waals surface area (Å²) in [7, 11) is 0. The number of nitrogens with zero attached hydrogens (tertiary/aromatic N) is 2. The van der Waals surface area contributed by atoms with Gasteiger partial charge in [-0.15, -0.1) is 0 Å². The molecule has 2 aliphatic rings. The molecule has 0 atom stereocenters. The molecule has 0 radical (unpaired) electrons. The SMILES string of the molecule is O=C1/C(=C/c2cccc([N+](=O)[O-])c2)Oc2c1ccc1c2CN(CCc2ccc(Cl)cc2Cl)CO1. The van der Waals surface area contributed by atoms with Gasteiger partial charge in [-0.3, -0.25) is 19.8 Å². The van der Waals surface area contributed by atoms with E-state index in [4.69, 9.17) is 32.7 Å². The van der Waals surface area contributed by atoms with Gasteiger partial charge in [0.05, 0.1) is 16.1 Å². The second kappa shape index (κ2) is 9.10. The molecule has 0 unspecified atom stereocenters. The number of hydrogen-bond acceptors (Lipinski definition) is 6. The number of Topliss-reactive ketones (excluding diaryl/α,β-unsaturated/α-hetero) is 1. The summed E-state index contributed by atoms with van der Waals surface area (Å²) in [6, 6.07) is 15.0. The minimum absolute atomic E-state index is 0.0560. The van der Waals surface area contributed by atoms with E-state index >= 15 is 0 Å². The zero-order valence-corrected chi connectivity index (χ0v) is 19.3. The lowest BCUT2D eigenvalue weighted by Gasteiger charge is -2.29. The van der Waals surface area contributed by atoms with E-state index < -0.39 is 4.92 Å². The first-order chi connectivity index (χ1) is 16.4. The second-order valence-corrected chi connectivity index (χ2v) is 8.87. The quantitative estimate of drug-likeness (QED) is 0.248. The predicted molar refractivity (Wildman–Crippen MR) is 129 cm³/mol. The fourth-order valence-electron chi connectivity index (χ4n) is 4.03. The summed E-state index contributed by atoms with van der Waals surface area (Å²) in [5.41, 5.74) is 2.68. The summed E-state index contributed by atoms with van der Waals surface area (Å²) in [6.07, 6.45) is 2.23. The van der Waals surface area contributed by atoms with Crippen LogP contribution in [-0.4, -0.2) is 28.9 Å². The molecule has 0 saturated carbocycles. The fourth-order valence-corrected chi connectivity index (χ4v) is 4.53. The van der Waals surface area contributed by atoms with Crippen molar-refractivity contribution in [3.05, 3.63) is 103 Å². The van der Waals surface area contributed by atoms with Crippen LogP contribution in [-0.2, 0) is 13.0 Å². The van der Waals surface area contributed by atoms with Crippen molar-refractivity contribution in [1.82, 2.24) is 4.90 Å². The van der Waals surface area contributed by atoms with Crippen LogP contribution in [0.2, 0.25) is 10.0 Å². The number of benzene rings is 3. The van der Waals surface area contributed by atoms with Crippen molar-refractivity contribution in [1.29, 1.82) is 0 Å². The number of carbonyl (C=O) groups excluding carboxylic acids is 1. The van der Waals surface area contributed by atoms with Crippen molar-refractivity contribution in [3.8, 4) is 11.5 Å². The third-order valence-corrected chi connectivity index (χ3v) is 6.36. The number of nitro benzene ring substituents is 1. The highest BCUT2D eigenvalue weighted by atomic mass is 35.5. The zero-order chi connectivity index (χ0) is 23.8. The van der Waals surface area contributed by atoms with Gasteiger partial charge in [-0.05, 0) is 47.9 Å². The fraction of sp³-hybridized carbons (Fsp3) is 0.160. The Morgan fingerprint density at radius 3 is 2.76 bits per heavy atom. The molecule has 34 heavy (non-hydrogen) atoms. The third kappa shape index (κ3) is 4.37. The van der Waals surface area contributed by atoms with E-state index in [-0.39, 0.29) is 17.2 Å². The predicted octanol–water partition coefficient (Wildman–Crippen LogP) is 5.91. The van der Waals surface area contributed by atoms with Crippen molar-refractivity contribution < 1.29 is 19.2 Å². The molecule has 7 nitrogen and oxygen atoms in total. The lowest BCUT2D eigenvalue weighted by atomic mass is 10.0. The number of non-ortho nitro benzene ring substituents is 1. The number of hydrogen-bond donors (Lipinski definition) is 0. The summed E-state index contributed by atoms with van der Waals surface area (Å²) in [4.78, 5) is 25.6. The monoisotopic (exact) mass is 496 g/mol. The average Bonchev–Trinajstić information content (AvgIpc) is 3.14. The molecule has 0 bridgehead atoms. The van der Waals surface area contributed by atoms with Crippen LogP contribution in [0.3, 0.4) is 0 Å². The van der Waals surface area contributed by atoms with Crippen LogP contribution in [0.25, 0.3) is 6.08 Å². The highest BCUT2D eigenvalue weighted by molar-refractivity contribution is 6.35. The maximum atomic E-state index is 13.0. The summed E-state index contributed by atoms with van der Waals surface area (Å²) in [6.45, 7) is 1.64. The molecule has 0 aromatic heterocycles. The molecule has 0 aliphatic carbocycles. The number of carbonyl (C=O) groups is 1. The van der Waals surface area contributed by atoms with Gasteiger partial charge in [-0.2, -0.15) is 0 Å². The van der Waals surface area contributed by atoms with Gasteiger partial charge < -0.3 is 9.47 Å². The highest BCUT2D eigenvalue weighted by Crippen LogP contribution is 2.42. The maximum Gasteiger partial charge on any atom is 0.270 e. The normalized spacial score (nSPS) is 16.1. The number of nitro groups is 1. The Labute approximate surface area is 205 Å². The van der Waals surface area contributed by atoms with Gasteiger partial charge in [0, 0.05) is 35.3 Å². The summed E-state index contributed by atoms with van der Waals surface area (Å²) >= 11 is 12.3. The molecule has 3 aromatic carbocycles. The molecule has 0 saturated heterocycles. The Balaban J connectivity index is 1.36. The van der Waals surface area contributed by atoms with Gasteiger partial charge in [0.25, 0.3) is 5.69 Å². The van der Waals surface area contributed by atoms with E-state index in [0.717, 1.165) is 11.1 Å². The highest BCUT2D eigenvalue weighted by Gasteiger charge is 2.33. The lowest BCUT2D eigenvalue weighted by molar-refractivity contribution is -0.384. The Bertz CT molecular complexity index is 1360. The number of allylic oxidation sites excluding steroid dienone is 1. The Morgan fingerprint density at radius 2 is 1.97 bits per heavy atom. The van der Waals surface area contributed by atoms with Crippen LogP contribution in [0.1, 0.15) is 27.0 Å². The number of halogens is 2. The average molecular weight is 497 g/mol. The molecule has 0 fully saturated rings. The van der Waals surface area contributed by atoms with E-state index in [2.05, 4.69) is 4.90 Å². The first kappa shape index (κ1) is 22.4. The maximum absolute atomic E-state index is 13.0. The van der Waals surface area contributed by atoms with Gasteiger partial charge in [0.15, 0.2) is 5.76 Å². The number of ketones is 1. The van der Waals surface area contributed by atoms with E-state index in [1.807, 2.05) is 12.1 Å². The van der Waals surface area contributed by atoms with Gasteiger partial charge in [-0.1, -0.05) is 41.4 Å². The Hall–Kier alpha value is -3.39.